The van der Waals surface area contributed by atoms with E-state index < -0.39 is 5.54 Å². The summed E-state index contributed by atoms with van der Waals surface area (Å²) in [7, 11) is 0. The molecule has 1 aromatic heterocycles. The number of rotatable bonds is 7. The molecule has 0 unspecified atom stereocenters. The number of carbonyl (C=O) groups excluding carboxylic acids is 2. The van der Waals surface area contributed by atoms with Crippen LogP contribution >= 0.6 is 0 Å². The Morgan fingerprint density at radius 3 is 2.49 bits per heavy atom. The molecule has 3 amide bonds. The van der Waals surface area contributed by atoms with Crippen molar-refractivity contribution in [2.45, 2.75) is 51.7 Å². The van der Waals surface area contributed by atoms with E-state index in [1.807, 2.05) is 29.2 Å². The van der Waals surface area contributed by atoms with Gasteiger partial charge in [-0.05, 0) is 54.5 Å². The number of urea groups is 1. The lowest BCUT2D eigenvalue weighted by atomic mass is 9.85. The fraction of sp³-hybridized carbons (Fsp3) is 0.519. The fourth-order valence-electron chi connectivity index (χ4n) is 5.30. The van der Waals surface area contributed by atoms with Crippen LogP contribution < -0.4 is 9.47 Å². The molecule has 35 heavy (non-hydrogen) atoms. The van der Waals surface area contributed by atoms with Crippen molar-refractivity contribution in [3.8, 4) is 11.5 Å². The van der Waals surface area contributed by atoms with E-state index in [0.29, 0.717) is 38.5 Å². The Morgan fingerprint density at radius 1 is 1.00 bits per heavy atom. The SMILES string of the molecule is CC(C)CCN1C(=O)N(Cc2cccnc2)C(=O)C12CCN(Cc1ccc3c(c1)OCCO3)CC2. The van der Waals surface area contributed by atoms with Gasteiger partial charge in [0, 0.05) is 38.6 Å². The van der Waals surface area contributed by atoms with Gasteiger partial charge in [0.1, 0.15) is 18.8 Å². The summed E-state index contributed by atoms with van der Waals surface area (Å²) in [5.74, 6) is 1.98. The Morgan fingerprint density at radius 2 is 1.77 bits per heavy atom. The van der Waals surface area contributed by atoms with Gasteiger partial charge >= 0.3 is 6.03 Å². The molecule has 4 heterocycles. The number of fused-ring (bicyclic) bond motifs is 1. The Kier molecular flexibility index (Phi) is 6.65. The van der Waals surface area contributed by atoms with E-state index in [4.69, 9.17) is 9.47 Å². The highest BCUT2D eigenvalue weighted by Gasteiger charge is 2.57. The average molecular weight is 479 g/mol. The number of amides is 3. The first kappa shape index (κ1) is 23.6. The molecular formula is C27H34N4O4. The molecule has 186 valence electrons. The van der Waals surface area contributed by atoms with Crippen LogP contribution in [0.2, 0.25) is 0 Å². The lowest BCUT2D eigenvalue weighted by Gasteiger charge is -2.42. The van der Waals surface area contributed by atoms with Gasteiger partial charge in [0.2, 0.25) is 0 Å². The van der Waals surface area contributed by atoms with Crippen molar-refractivity contribution in [2.75, 3.05) is 32.8 Å². The van der Waals surface area contributed by atoms with Crippen molar-refractivity contribution >= 4 is 11.9 Å². The van der Waals surface area contributed by atoms with Crippen LogP contribution in [-0.4, -0.2) is 70.0 Å². The van der Waals surface area contributed by atoms with Crippen LogP contribution in [-0.2, 0) is 17.9 Å². The minimum absolute atomic E-state index is 0.0610. The average Bonchev–Trinajstić information content (AvgIpc) is 3.05. The Hall–Kier alpha value is -3.13. The first-order valence-corrected chi connectivity index (χ1v) is 12.6. The molecule has 0 bridgehead atoms. The molecule has 8 heteroatoms. The second-order valence-electron chi connectivity index (χ2n) is 10.2. The van der Waals surface area contributed by atoms with Crippen molar-refractivity contribution in [1.29, 1.82) is 0 Å². The molecule has 2 saturated heterocycles. The molecule has 0 radical (unpaired) electrons. The standard InChI is InChI=1S/C27H34N4O4/c1-20(2)7-11-31-26(33)30(19-22-4-3-10-28-17-22)25(32)27(31)8-12-29(13-9-27)18-21-5-6-23-24(16-21)35-15-14-34-23/h3-6,10,16-17,20H,7-9,11-15,18-19H2,1-2H3. The zero-order chi connectivity index (χ0) is 24.4. The first-order valence-electron chi connectivity index (χ1n) is 12.6. The van der Waals surface area contributed by atoms with Crippen LogP contribution in [0.15, 0.2) is 42.7 Å². The summed E-state index contributed by atoms with van der Waals surface area (Å²) in [5.41, 5.74) is 1.28. The van der Waals surface area contributed by atoms with Crippen molar-refractivity contribution in [3.05, 3.63) is 53.9 Å². The molecule has 0 saturated carbocycles. The summed E-state index contributed by atoms with van der Waals surface area (Å²) in [6.45, 7) is 8.62. The summed E-state index contributed by atoms with van der Waals surface area (Å²) in [6.07, 6.45) is 5.58. The highest BCUT2D eigenvalue weighted by Crippen LogP contribution is 2.39. The van der Waals surface area contributed by atoms with Crippen molar-refractivity contribution < 1.29 is 19.1 Å². The number of hydrogen-bond donors (Lipinski definition) is 0. The fourth-order valence-corrected chi connectivity index (χ4v) is 5.30. The number of piperidine rings is 1. The van der Waals surface area contributed by atoms with Crippen LogP contribution in [0.5, 0.6) is 11.5 Å². The number of hydrogen-bond acceptors (Lipinski definition) is 6. The van der Waals surface area contributed by atoms with Gasteiger partial charge in [0.15, 0.2) is 11.5 Å². The zero-order valence-electron chi connectivity index (χ0n) is 20.6. The topological polar surface area (TPSA) is 75.2 Å². The van der Waals surface area contributed by atoms with E-state index in [1.54, 1.807) is 12.4 Å². The molecule has 8 nitrogen and oxygen atoms in total. The monoisotopic (exact) mass is 478 g/mol. The largest absolute Gasteiger partial charge is 0.486 e. The highest BCUT2D eigenvalue weighted by atomic mass is 16.6. The summed E-state index contributed by atoms with van der Waals surface area (Å²) in [6, 6.07) is 9.68. The number of aromatic nitrogens is 1. The van der Waals surface area contributed by atoms with Crippen molar-refractivity contribution in [3.63, 3.8) is 0 Å². The summed E-state index contributed by atoms with van der Waals surface area (Å²) in [5, 5.41) is 0. The maximum absolute atomic E-state index is 13.8. The molecule has 3 aliphatic heterocycles. The van der Waals surface area contributed by atoms with Gasteiger partial charge in [-0.15, -0.1) is 0 Å². The van der Waals surface area contributed by atoms with Crippen LogP contribution in [0.3, 0.4) is 0 Å². The summed E-state index contributed by atoms with van der Waals surface area (Å²) < 4.78 is 11.4. The number of pyridine rings is 1. The molecule has 1 spiro atoms. The van der Waals surface area contributed by atoms with Gasteiger partial charge in [-0.3, -0.25) is 19.6 Å². The normalized spacial score (nSPS) is 19.7. The number of carbonyl (C=O) groups is 2. The van der Waals surface area contributed by atoms with Crippen LogP contribution in [0.4, 0.5) is 4.79 Å². The summed E-state index contributed by atoms with van der Waals surface area (Å²) >= 11 is 0. The maximum atomic E-state index is 13.8. The molecule has 5 rings (SSSR count). The summed E-state index contributed by atoms with van der Waals surface area (Å²) in [4.78, 5) is 37.1. The Labute approximate surface area is 206 Å². The smallest absolute Gasteiger partial charge is 0.327 e. The molecular weight excluding hydrogens is 444 g/mol. The lowest BCUT2D eigenvalue weighted by molar-refractivity contribution is -0.136. The minimum Gasteiger partial charge on any atom is -0.486 e. The third-order valence-corrected chi connectivity index (χ3v) is 7.31. The van der Waals surface area contributed by atoms with E-state index >= 15 is 0 Å². The predicted molar refractivity (Wildman–Crippen MR) is 131 cm³/mol. The predicted octanol–water partition coefficient (Wildman–Crippen LogP) is 3.70. The lowest BCUT2D eigenvalue weighted by Crippen LogP contribution is -2.56. The van der Waals surface area contributed by atoms with Gasteiger partial charge in [0.05, 0.1) is 6.54 Å². The molecule has 3 aliphatic rings. The maximum Gasteiger partial charge on any atom is 0.327 e. The second-order valence-corrected chi connectivity index (χ2v) is 10.2. The third kappa shape index (κ3) is 4.72. The number of nitrogens with zero attached hydrogens (tertiary/aromatic N) is 4. The molecule has 0 aliphatic carbocycles. The highest BCUT2D eigenvalue weighted by molar-refractivity contribution is 6.07. The van der Waals surface area contributed by atoms with Crippen LogP contribution in [0.1, 0.15) is 44.2 Å². The molecule has 1 aromatic carbocycles. The van der Waals surface area contributed by atoms with E-state index in [1.165, 1.54) is 4.90 Å². The van der Waals surface area contributed by atoms with E-state index in [0.717, 1.165) is 48.7 Å². The van der Waals surface area contributed by atoms with Gasteiger partial charge in [-0.1, -0.05) is 26.0 Å². The van der Waals surface area contributed by atoms with Gasteiger partial charge in [-0.2, -0.15) is 0 Å². The molecule has 2 fully saturated rings. The van der Waals surface area contributed by atoms with Crippen molar-refractivity contribution in [2.24, 2.45) is 5.92 Å². The number of ether oxygens (including phenoxy) is 2. The first-order chi connectivity index (χ1) is 17.0. The number of likely N-dealkylation sites (tertiary alicyclic amines) is 1. The molecule has 2 aromatic rings. The van der Waals surface area contributed by atoms with Gasteiger partial charge in [0.25, 0.3) is 5.91 Å². The Bertz CT molecular complexity index is 1070. The minimum atomic E-state index is -0.752. The quantitative estimate of drug-likeness (QED) is 0.565. The second kappa shape index (κ2) is 9.85. The van der Waals surface area contributed by atoms with Gasteiger partial charge in [-0.25, -0.2) is 4.79 Å². The molecule has 0 N–H and O–H groups in total. The van der Waals surface area contributed by atoms with Crippen LogP contribution in [0.25, 0.3) is 0 Å². The van der Waals surface area contributed by atoms with Gasteiger partial charge < -0.3 is 14.4 Å². The third-order valence-electron chi connectivity index (χ3n) is 7.31. The molecule has 0 atom stereocenters. The number of imide groups is 1. The van der Waals surface area contributed by atoms with Crippen LogP contribution in [0, 0.1) is 5.92 Å². The van der Waals surface area contributed by atoms with E-state index in [-0.39, 0.29) is 18.5 Å². The van der Waals surface area contributed by atoms with E-state index in [9.17, 15) is 9.59 Å². The zero-order valence-corrected chi connectivity index (χ0v) is 20.6. The number of benzene rings is 1. The van der Waals surface area contributed by atoms with Crippen molar-refractivity contribution in [1.82, 2.24) is 19.7 Å². The Balaban J connectivity index is 1.30. The van der Waals surface area contributed by atoms with E-state index in [2.05, 4.69) is 29.8 Å².